The number of carboxylic acid groups (broad SMARTS) is 1. The van der Waals surface area contributed by atoms with Gasteiger partial charge in [0.05, 0.1) is 12.7 Å². The van der Waals surface area contributed by atoms with Crippen molar-refractivity contribution >= 4 is 5.97 Å². The number of para-hydroxylation sites is 1. The molecule has 1 aliphatic carbocycles. The zero-order valence-corrected chi connectivity index (χ0v) is 15.8. The summed E-state index contributed by atoms with van der Waals surface area (Å²) in [5.74, 6) is -0.00331. The Balaban J connectivity index is 1.68. The number of carbonyl (C=O) groups is 1. The van der Waals surface area contributed by atoms with Gasteiger partial charge in [-0.2, -0.15) is 0 Å². The molecule has 2 aliphatic rings. The highest BCUT2D eigenvalue weighted by Gasteiger charge is 2.37. The van der Waals surface area contributed by atoms with Crippen molar-refractivity contribution in [1.82, 2.24) is 0 Å². The maximum Gasteiger partial charge on any atom is 0.303 e. The van der Waals surface area contributed by atoms with Gasteiger partial charge in [-0.05, 0) is 31.7 Å². The third kappa shape index (κ3) is 5.56. The van der Waals surface area contributed by atoms with Crippen molar-refractivity contribution in [3.05, 3.63) is 42.0 Å². The average Bonchev–Trinajstić information content (AvgIpc) is 2.69. The number of ether oxygens (including phenoxy) is 2. The SMILES string of the molecule is O=C(O)CCC=CC[C@@H]1CO[C@H](C2CCCCC2)O[C@@H]1c1ccccc1O. The van der Waals surface area contributed by atoms with E-state index in [-0.39, 0.29) is 30.5 Å². The van der Waals surface area contributed by atoms with Crippen LogP contribution in [-0.2, 0) is 14.3 Å². The van der Waals surface area contributed by atoms with Gasteiger partial charge in [-0.25, -0.2) is 0 Å². The van der Waals surface area contributed by atoms with Crippen molar-refractivity contribution in [1.29, 1.82) is 0 Å². The number of carboxylic acids is 1. The second-order valence-corrected chi connectivity index (χ2v) is 7.61. The molecule has 0 spiro atoms. The summed E-state index contributed by atoms with van der Waals surface area (Å²) in [6.45, 7) is 0.587. The van der Waals surface area contributed by atoms with Crippen LogP contribution in [0.25, 0.3) is 0 Å². The summed E-state index contributed by atoms with van der Waals surface area (Å²) in [5, 5.41) is 19.1. The van der Waals surface area contributed by atoms with Gasteiger partial charge in [0.2, 0.25) is 0 Å². The molecule has 0 unspecified atom stereocenters. The van der Waals surface area contributed by atoms with Crippen LogP contribution < -0.4 is 0 Å². The van der Waals surface area contributed by atoms with Crippen LogP contribution in [0.4, 0.5) is 0 Å². The lowest BCUT2D eigenvalue weighted by atomic mass is 9.86. The Bertz CT molecular complexity index is 635. The number of hydrogen-bond donors (Lipinski definition) is 2. The van der Waals surface area contributed by atoms with Gasteiger partial charge in [0.15, 0.2) is 6.29 Å². The fourth-order valence-corrected chi connectivity index (χ4v) is 4.10. The molecule has 0 amide bonds. The van der Waals surface area contributed by atoms with Gasteiger partial charge in [0, 0.05) is 23.8 Å². The molecule has 0 radical (unpaired) electrons. The van der Waals surface area contributed by atoms with Gasteiger partial charge in [0.1, 0.15) is 5.75 Å². The molecule has 5 nitrogen and oxygen atoms in total. The maximum absolute atomic E-state index is 10.6. The van der Waals surface area contributed by atoms with E-state index in [1.807, 2.05) is 30.4 Å². The standard InChI is InChI=1S/C22H30O5/c23-19-13-8-7-12-18(19)21-17(11-5-2-6-14-20(24)25)15-26-22(27-21)16-9-3-1-4-10-16/h2,5,7-8,12-13,16-17,21-23H,1,3-4,6,9-11,14-15H2,(H,24,25)/t17-,21+,22+/m1/s1. The molecule has 0 bridgehead atoms. The van der Waals surface area contributed by atoms with Gasteiger partial charge >= 0.3 is 5.97 Å². The molecule has 1 heterocycles. The number of allylic oxidation sites excluding steroid dienone is 2. The number of benzene rings is 1. The minimum absolute atomic E-state index is 0.0965. The summed E-state index contributed by atoms with van der Waals surface area (Å²) in [5.41, 5.74) is 0.811. The van der Waals surface area contributed by atoms with E-state index < -0.39 is 5.97 Å². The van der Waals surface area contributed by atoms with E-state index in [0.717, 1.165) is 24.8 Å². The summed E-state index contributed by atoms with van der Waals surface area (Å²) in [6.07, 6.45) is 10.9. The molecule has 1 aromatic carbocycles. The van der Waals surface area contributed by atoms with E-state index in [1.54, 1.807) is 6.07 Å². The zero-order valence-electron chi connectivity index (χ0n) is 15.8. The fraction of sp³-hybridized carbons (Fsp3) is 0.591. The third-order valence-corrected chi connectivity index (χ3v) is 5.59. The van der Waals surface area contributed by atoms with Gasteiger partial charge in [-0.15, -0.1) is 0 Å². The van der Waals surface area contributed by atoms with Crippen molar-refractivity contribution in [2.45, 2.75) is 63.8 Å². The Labute approximate surface area is 161 Å². The summed E-state index contributed by atoms with van der Waals surface area (Å²) < 4.78 is 12.5. The number of hydrogen-bond acceptors (Lipinski definition) is 4. The first kappa shape index (κ1) is 19.9. The molecule has 2 fully saturated rings. The monoisotopic (exact) mass is 374 g/mol. The molecular weight excluding hydrogens is 344 g/mol. The highest BCUT2D eigenvalue weighted by atomic mass is 16.7. The largest absolute Gasteiger partial charge is 0.508 e. The van der Waals surface area contributed by atoms with Crippen molar-refractivity contribution in [2.75, 3.05) is 6.61 Å². The molecule has 1 aromatic rings. The molecule has 5 heteroatoms. The Morgan fingerprint density at radius 3 is 2.67 bits per heavy atom. The maximum atomic E-state index is 10.6. The first-order valence-electron chi connectivity index (χ1n) is 10.1. The van der Waals surface area contributed by atoms with Crippen molar-refractivity contribution in [2.24, 2.45) is 11.8 Å². The summed E-state index contributed by atoms with van der Waals surface area (Å²) >= 11 is 0. The molecular formula is C22H30O5. The number of aliphatic carboxylic acids is 1. The lowest BCUT2D eigenvalue weighted by molar-refractivity contribution is -0.263. The van der Waals surface area contributed by atoms with Crippen LogP contribution in [0, 0.1) is 11.8 Å². The molecule has 0 aromatic heterocycles. The lowest BCUT2D eigenvalue weighted by Gasteiger charge is -2.41. The average molecular weight is 374 g/mol. The molecule has 27 heavy (non-hydrogen) atoms. The van der Waals surface area contributed by atoms with E-state index in [4.69, 9.17) is 14.6 Å². The summed E-state index contributed by atoms with van der Waals surface area (Å²) in [4.78, 5) is 10.6. The molecule has 2 N–H and O–H groups in total. The van der Waals surface area contributed by atoms with Gasteiger partial charge in [-0.1, -0.05) is 49.6 Å². The quantitative estimate of drug-likeness (QED) is 0.670. The number of aromatic hydroxyl groups is 1. The van der Waals surface area contributed by atoms with Crippen LogP contribution >= 0.6 is 0 Å². The Morgan fingerprint density at radius 2 is 1.93 bits per heavy atom. The van der Waals surface area contributed by atoms with Crippen LogP contribution in [0.1, 0.15) is 63.0 Å². The zero-order chi connectivity index (χ0) is 19.1. The number of rotatable bonds is 7. The predicted molar refractivity (Wildman–Crippen MR) is 102 cm³/mol. The molecule has 3 atom stereocenters. The molecule has 148 valence electrons. The Morgan fingerprint density at radius 1 is 1.15 bits per heavy atom. The first-order chi connectivity index (χ1) is 13.1. The molecule has 1 aliphatic heterocycles. The van der Waals surface area contributed by atoms with Crippen LogP contribution in [0.2, 0.25) is 0 Å². The van der Waals surface area contributed by atoms with E-state index in [9.17, 15) is 9.90 Å². The van der Waals surface area contributed by atoms with Crippen LogP contribution in [0.3, 0.4) is 0 Å². The summed E-state index contributed by atoms with van der Waals surface area (Å²) in [7, 11) is 0. The highest BCUT2D eigenvalue weighted by molar-refractivity contribution is 5.66. The van der Waals surface area contributed by atoms with Crippen molar-refractivity contribution in [3.8, 4) is 5.75 Å². The third-order valence-electron chi connectivity index (χ3n) is 5.59. The molecule has 1 saturated carbocycles. The lowest BCUT2D eigenvalue weighted by Crippen LogP contribution is -2.39. The van der Waals surface area contributed by atoms with Crippen LogP contribution in [0.15, 0.2) is 36.4 Å². The first-order valence-corrected chi connectivity index (χ1v) is 10.1. The van der Waals surface area contributed by atoms with Gasteiger partial charge in [-0.3, -0.25) is 4.79 Å². The van der Waals surface area contributed by atoms with E-state index in [0.29, 0.717) is 18.9 Å². The normalized spacial score (nSPS) is 27.0. The van der Waals surface area contributed by atoms with Gasteiger partial charge in [0.25, 0.3) is 0 Å². The van der Waals surface area contributed by atoms with E-state index >= 15 is 0 Å². The number of phenols is 1. The second kappa shape index (κ2) is 9.90. The van der Waals surface area contributed by atoms with E-state index in [1.165, 1.54) is 19.3 Å². The Kier molecular flexibility index (Phi) is 7.30. The highest BCUT2D eigenvalue weighted by Crippen LogP contribution is 2.42. The van der Waals surface area contributed by atoms with Crippen molar-refractivity contribution in [3.63, 3.8) is 0 Å². The smallest absolute Gasteiger partial charge is 0.303 e. The van der Waals surface area contributed by atoms with Gasteiger partial charge < -0.3 is 19.7 Å². The predicted octanol–water partition coefficient (Wildman–Crippen LogP) is 4.81. The van der Waals surface area contributed by atoms with Crippen LogP contribution in [0.5, 0.6) is 5.75 Å². The molecule has 3 rings (SSSR count). The topological polar surface area (TPSA) is 76.0 Å². The minimum Gasteiger partial charge on any atom is -0.508 e. The van der Waals surface area contributed by atoms with E-state index in [2.05, 4.69) is 0 Å². The minimum atomic E-state index is -0.786. The Hall–Kier alpha value is -1.85. The summed E-state index contributed by atoms with van der Waals surface area (Å²) in [6, 6.07) is 7.36. The van der Waals surface area contributed by atoms with Crippen LogP contribution in [-0.4, -0.2) is 29.1 Å². The fourth-order valence-electron chi connectivity index (χ4n) is 4.10. The molecule has 1 saturated heterocycles. The second-order valence-electron chi connectivity index (χ2n) is 7.61. The van der Waals surface area contributed by atoms with Crippen molar-refractivity contribution < 1.29 is 24.5 Å². The number of phenolic OH excluding ortho intramolecular Hbond substituents is 1.